The summed E-state index contributed by atoms with van der Waals surface area (Å²) >= 11 is 1.40. The molecule has 2 aromatic heterocycles. The average molecular weight is 364 g/mol. The molecule has 9 heteroatoms. The van der Waals surface area contributed by atoms with Crippen LogP contribution < -0.4 is 9.46 Å². The van der Waals surface area contributed by atoms with Gasteiger partial charge in [-0.05, 0) is 19.1 Å². The first kappa shape index (κ1) is 16.6. The van der Waals surface area contributed by atoms with Gasteiger partial charge in [-0.3, -0.25) is 4.98 Å². The van der Waals surface area contributed by atoms with Gasteiger partial charge >= 0.3 is 0 Å². The molecule has 24 heavy (non-hydrogen) atoms. The summed E-state index contributed by atoms with van der Waals surface area (Å²) in [6, 6.07) is 6.89. The molecule has 2 heterocycles. The molecule has 0 spiro atoms. The smallest absolute Gasteiger partial charge is 0.244 e. The Labute approximate surface area is 144 Å². The SMILES string of the molecule is COc1ccccc1-n1cc(S(=O)(=O)N[C@@H](C)c2cncs2)cn1. The minimum absolute atomic E-state index is 0.0878. The highest BCUT2D eigenvalue weighted by Crippen LogP contribution is 2.23. The molecule has 0 bridgehead atoms. The Morgan fingerprint density at radius 1 is 1.29 bits per heavy atom. The molecule has 126 valence electrons. The van der Waals surface area contributed by atoms with Gasteiger partial charge in [0.2, 0.25) is 10.0 Å². The standard InChI is InChI=1S/C15H16N4O3S2/c1-11(15-8-16-10-23-15)18-24(20,21)12-7-17-19(9-12)13-5-3-4-6-14(13)22-2/h3-11,18H,1-2H3/t11-/m0/s1. The minimum Gasteiger partial charge on any atom is -0.494 e. The van der Waals surface area contributed by atoms with E-state index in [9.17, 15) is 8.42 Å². The first-order valence-electron chi connectivity index (χ1n) is 7.10. The van der Waals surface area contributed by atoms with Gasteiger partial charge in [-0.15, -0.1) is 11.3 Å². The van der Waals surface area contributed by atoms with E-state index in [0.29, 0.717) is 11.4 Å². The van der Waals surface area contributed by atoms with Crippen molar-refractivity contribution in [2.24, 2.45) is 0 Å². The lowest BCUT2D eigenvalue weighted by Gasteiger charge is -2.11. The normalized spacial score (nSPS) is 12.9. The van der Waals surface area contributed by atoms with Crippen LogP contribution in [0, 0.1) is 0 Å². The molecule has 0 aliphatic rings. The summed E-state index contributed by atoms with van der Waals surface area (Å²) in [6.07, 6.45) is 4.42. The summed E-state index contributed by atoms with van der Waals surface area (Å²) in [5, 5.41) is 4.14. The van der Waals surface area contributed by atoms with Crippen molar-refractivity contribution in [3.63, 3.8) is 0 Å². The molecule has 0 radical (unpaired) electrons. The summed E-state index contributed by atoms with van der Waals surface area (Å²) < 4.78 is 34.4. The Hall–Kier alpha value is -2.23. The average Bonchev–Trinajstić information content (AvgIpc) is 3.26. The fraction of sp³-hybridized carbons (Fsp3) is 0.200. The highest BCUT2D eigenvalue weighted by Gasteiger charge is 2.21. The van der Waals surface area contributed by atoms with E-state index in [1.807, 2.05) is 12.1 Å². The van der Waals surface area contributed by atoms with Gasteiger partial charge in [0.25, 0.3) is 0 Å². The second-order valence-corrected chi connectivity index (χ2v) is 7.67. The molecule has 3 aromatic rings. The van der Waals surface area contributed by atoms with Gasteiger partial charge in [-0.1, -0.05) is 12.1 Å². The Morgan fingerprint density at radius 3 is 2.79 bits per heavy atom. The van der Waals surface area contributed by atoms with Crippen molar-refractivity contribution in [1.82, 2.24) is 19.5 Å². The quantitative estimate of drug-likeness (QED) is 0.726. The van der Waals surface area contributed by atoms with E-state index in [4.69, 9.17) is 4.74 Å². The number of methoxy groups -OCH3 is 1. The third-order valence-corrected chi connectivity index (χ3v) is 5.86. The van der Waals surface area contributed by atoms with Crippen molar-refractivity contribution in [3.8, 4) is 11.4 Å². The largest absolute Gasteiger partial charge is 0.494 e. The van der Waals surface area contributed by atoms with Gasteiger partial charge in [0.15, 0.2) is 0 Å². The first-order valence-corrected chi connectivity index (χ1v) is 9.46. The number of aromatic nitrogens is 3. The van der Waals surface area contributed by atoms with Crippen molar-refractivity contribution >= 4 is 21.4 Å². The van der Waals surface area contributed by atoms with Crippen LogP contribution in [-0.2, 0) is 10.0 Å². The number of sulfonamides is 1. The van der Waals surface area contributed by atoms with Gasteiger partial charge < -0.3 is 4.74 Å². The Morgan fingerprint density at radius 2 is 2.08 bits per heavy atom. The van der Waals surface area contributed by atoms with Crippen molar-refractivity contribution in [1.29, 1.82) is 0 Å². The van der Waals surface area contributed by atoms with E-state index in [1.54, 1.807) is 37.9 Å². The Kier molecular flexibility index (Phi) is 4.65. The number of hydrogen-bond acceptors (Lipinski definition) is 6. The number of ether oxygens (including phenoxy) is 1. The van der Waals surface area contributed by atoms with E-state index in [-0.39, 0.29) is 10.9 Å². The van der Waals surface area contributed by atoms with Crippen LogP contribution in [0.2, 0.25) is 0 Å². The fourth-order valence-corrected chi connectivity index (χ4v) is 4.05. The second-order valence-electron chi connectivity index (χ2n) is 5.04. The molecule has 0 saturated carbocycles. The predicted octanol–water partition coefficient (Wildman–Crippen LogP) is 2.38. The van der Waals surface area contributed by atoms with Crippen molar-refractivity contribution < 1.29 is 13.2 Å². The van der Waals surface area contributed by atoms with Crippen LogP contribution >= 0.6 is 11.3 Å². The van der Waals surface area contributed by atoms with Crippen LogP contribution in [0.3, 0.4) is 0 Å². The van der Waals surface area contributed by atoms with Gasteiger partial charge in [-0.2, -0.15) is 5.10 Å². The van der Waals surface area contributed by atoms with Crippen LogP contribution in [0.25, 0.3) is 5.69 Å². The molecule has 7 nitrogen and oxygen atoms in total. The second kappa shape index (κ2) is 6.71. The third kappa shape index (κ3) is 3.32. The molecular formula is C15H16N4O3S2. The summed E-state index contributed by atoms with van der Waals surface area (Å²) in [5.41, 5.74) is 2.33. The van der Waals surface area contributed by atoms with Gasteiger partial charge in [-0.25, -0.2) is 17.8 Å². The molecule has 1 N–H and O–H groups in total. The number of para-hydroxylation sites is 2. The van der Waals surface area contributed by atoms with Crippen LogP contribution in [0.5, 0.6) is 5.75 Å². The lowest BCUT2D eigenvalue weighted by atomic mass is 10.3. The number of nitrogens with zero attached hydrogens (tertiary/aromatic N) is 3. The monoisotopic (exact) mass is 364 g/mol. The van der Waals surface area contributed by atoms with E-state index >= 15 is 0 Å². The lowest BCUT2D eigenvalue weighted by molar-refractivity contribution is 0.411. The zero-order valence-electron chi connectivity index (χ0n) is 13.1. The van der Waals surface area contributed by atoms with Crippen LogP contribution in [0.4, 0.5) is 0 Å². The number of thiazole rings is 1. The van der Waals surface area contributed by atoms with Crippen molar-refractivity contribution in [3.05, 3.63) is 53.2 Å². The topological polar surface area (TPSA) is 86.1 Å². The summed E-state index contributed by atoms with van der Waals surface area (Å²) in [6.45, 7) is 1.77. The van der Waals surface area contributed by atoms with Crippen molar-refractivity contribution in [2.45, 2.75) is 17.9 Å². The highest BCUT2D eigenvalue weighted by atomic mass is 32.2. The van der Waals surface area contributed by atoms with E-state index < -0.39 is 10.0 Å². The number of nitrogens with one attached hydrogen (secondary N) is 1. The minimum atomic E-state index is -3.69. The molecule has 3 rings (SSSR count). The zero-order chi connectivity index (χ0) is 17.2. The van der Waals surface area contributed by atoms with Crippen LogP contribution in [0.1, 0.15) is 17.8 Å². The maximum atomic E-state index is 12.5. The predicted molar refractivity (Wildman–Crippen MR) is 91.0 cm³/mol. The van der Waals surface area contributed by atoms with E-state index in [0.717, 1.165) is 4.88 Å². The first-order chi connectivity index (χ1) is 11.5. The van der Waals surface area contributed by atoms with Gasteiger partial charge in [0.05, 0.1) is 31.1 Å². The number of benzene rings is 1. The van der Waals surface area contributed by atoms with Crippen molar-refractivity contribution in [2.75, 3.05) is 7.11 Å². The summed E-state index contributed by atoms with van der Waals surface area (Å²) in [4.78, 5) is 4.89. The zero-order valence-corrected chi connectivity index (χ0v) is 14.7. The van der Waals surface area contributed by atoms with Crippen LogP contribution in [-0.4, -0.2) is 30.3 Å². The molecule has 0 aliphatic carbocycles. The molecule has 0 amide bonds. The summed E-state index contributed by atoms with van der Waals surface area (Å²) in [7, 11) is -2.13. The van der Waals surface area contributed by atoms with E-state index in [2.05, 4.69) is 14.8 Å². The number of hydrogen-bond donors (Lipinski definition) is 1. The third-order valence-electron chi connectivity index (χ3n) is 3.41. The Bertz CT molecular complexity index is 920. The number of rotatable bonds is 6. The molecule has 0 aliphatic heterocycles. The maximum Gasteiger partial charge on any atom is 0.244 e. The Balaban J connectivity index is 1.87. The van der Waals surface area contributed by atoms with Crippen LogP contribution in [0.15, 0.2) is 53.3 Å². The highest BCUT2D eigenvalue weighted by molar-refractivity contribution is 7.89. The molecule has 0 saturated heterocycles. The maximum absolute atomic E-state index is 12.5. The molecule has 1 atom stereocenters. The molecule has 1 aromatic carbocycles. The van der Waals surface area contributed by atoms with Gasteiger partial charge in [0, 0.05) is 11.1 Å². The van der Waals surface area contributed by atoms with E-state index in [1.165, 1.54) is 28.4 Å². The summed E-state index contributed by atoms with van der Waals surface area (Å²) in [5.74, 6) is 0.607. The lowest BCUT2D eigenvalue weighted by Crippen LogP contribution is -2.26. The fourth-order valence-electron chi connectivity index (χ4n) is 2.19. The van der Waals surface area contributed by atoms with Gasteiger partial charge in [0.1, 0.15) is 16.3 Å². The molecular weight excluding hydrogens is 348 g/mol. The molecule has 0 fully saturated rings. The molecule has 0 unspecified atom stereocenters.